The molecule has 0 unspecified atom stereocenters. The van der Waals surface area contributed by atoms with Gasteiger partial charge in [-0.1, -0.05) is 12.1 Å². The van der Waals surface area contributed by atoms with Crippen LogP contribution in [0.4, 0.5) is 0 Å². The van der Waals surface area contributed by atoms with Crippen molar-refractivity contribution in [1.82, 2.24) is 20.5 Å². The van der Waals surface area contributed by atoms with Crippen molar-refractivity contribution >= 4 is 16.9 Å². The van der Waals surface area contributed by atoms with Crippen LogP contribution in [0.5, 0.6) is 5.75 Å². The number of nitrogens with zero attached hydrogens (tertiary/aromatic N) is 2. The first-order valence-electron chi connectivity index (χ1n) is 7.33. The molecule has 7 nitrogen and oxygen atoms in total. The molecule has 0 atom stereocenters. The number of phenolic OH excluding ortho intramolecular Hbond substituents is 1. The lowest BCUT2D eigenvalue weighted by Crippen LogP contribution is -2.41. The highest BCUT2D eigenvalue weighted by molar-refractivity contribution is 6.07. The van der Waals surface area contributed by atoms with Gasteiger partial charge in [-0.15, -0.1) is 10.2 Å². The van der Waals surface area contributed by atoms with E-state index in [0.29, 0.717) is 27.9 Å². The highest BCUT2D eigenvalue weighted by atomic mass is 16.3. The van der Waals surface area contributed by atoms with Gasteiger partial charge in [-0.05, 0) is 18.2 Å². The number of aromatic nitrogens is 3. The molecule has 1 amide bonds. The van der Waals surface area contributed by atoms with Gasteiger partial charge >= 0.3 is 0 Å². The van der Waals surface area contributed by atoms with E-state index in [4.69, 9.17) is 5.73 Å². The normalized spacial score (nSPS) is 14.8. The Bertz CT molecular complexity index is 914. The summed E-state index contributed by atoms with van der Waals surface area (Å²) in [5.74, 6) is -0.157. The minimum absolute atomic E-state index is 0.112. The average molecular weight is 309 g/mol. The van der Waals surface area contributed by atoms with Gasteiger partial charge in [-0.2, -0.15) is 0 Å². The van der Waals surface area contributed by atoms with E-state index in [1.54, 1.807) is 30.3 Å². The molecule has 0 spiro atoms. The van der Waals surface area contributed by atoms with Crippen LogP contribution in [-0.4, -0.2) is 39.3 Å². The van der Waals surface area contributed by atoms with Crippen molar-refractivity contribution in [2.45, 2.75) is 5.92 Å². The van der Waals surface area contributed by atoms with Gasteiger partial charge in [0, 0.05) is 35.7 Å². The maximum atomic E-state index is 11.9. The van der Waals surface area contributed by atoms with Gasteiger partial charge in [0.05, 0.1) is 11.3 Å². The minimum Gasteiger partial charge on any atom is -0.507 e. The van der Waals surface area contributed by atoms with Crippen molar-refractivity contribution in [3.8, 4) is 17.0 Å². The molecular weight excluding hydrogens is 294 g/mol. The first-order valence-corrected chi connectivity index (χ1v) is 7.33. The fraction of sp³-hybridized carbons (Fsp3) is 0.188. The number of hydrogen-bond acceptors (Lipinski definition) is 5. The molecule has 1 fully saturated rings. The Morgan fingerprint density at radius 3 is 2.70 bits per heavy atom. The number of aromatic amines is 1. The molecule has 0 aliphatic carbocycles. The number of carbonyl (C=O) groups excluding carboxylic acids is 1. The van der Waals surface area contributed by atoms with Crippen LogP contribution in [0.2, 0.25) is 0 Å². The van der Waals surface area contributed by atoms with Gasteiger partial charge in [0.1, 0.15) is 5.75 Å². The van der Waals surface area contributed by atoms with Crippen LogP contribution < -0.4 is 11.1 Å². The van der Waals surface area contributed by atoms with Crippen LogP contribution in [0.1, 0.15) is 22.0 Å². The van der Waals surface area contributed by atoms with Crippen molar-refractivity contribution in [3.05, 3.63) is 41.6 Å². The minimum atomic E-state index is -0.491. The van der Waals surface area contributed by atoms with Gasteiger partial charge < -0.3 is 21.1 Å². The zero-order valence-electron chi connectivity index (χ0n) is 12.2. The highest BCUT2D eigenvalue weighted by Gasteiger charge is 2.28. The zero-order chi connectivity index (χ0) is 16.0. The Hall–Kier alpha value is -2.93. The number of H-pyrrole nitrogens is 1. The Morgan fingerprint density at radius 1 is 1.26 bits per heavy atom. The quantitative estimate of drug-likeness (QED) is 0.578. The third kappa shape index (κ3) is 2.13. The van der Waals surface area contributed by atoms with Crippen LogP contribution in [0.15, 0.2) is 30.3 Å². The molecule has 3 heterocycles. The molecule has 1 aliphatic heterocycles. The van der Waals surface area contributed by atoms with E-state index in [-0.39, 0.29) is 11.7 Å². The van der Waals surface area contributed by atoms with Crippen LogP contribution in [-0.2, 0) is 0 Å². The molecule has 5 N–H and O–H groups in total. The standard InChI is InChI=1S/C16H15N5O2/c17-15(23)13-10-5-11(9-3-1-2-4-12(9)22)20-21-16(10)19-14(13)8-6-18-7-8/h1-5,8,18,22H,6-7H2,(H2,17,23)(H,19,21). The van der Waals surface area contributed by atoms with Crippen LogP contribution in [0.25, 0.3) is 22.3 Å². The number of fused-ring (bicyclic) bond motifs is 1. The molecule has 0 saturated carbocycles. The molecule has 1 aliphatic rings. The molecule has 0 bridgehead atoms. The fourth-order valence-electron chi connectivity index (χ4n) is 2.90. The summed E-state index contributed by atoms with van der Waals surface area (Å²) in [7, 11) is 0. The number of benzene rings is 1. The van der Waals surface area contributed by atoms with Crippen molar-refractivity contribution in [2.24, 2.45) is 5.73 Å². The van der Waals surface area contributed by atoms with Gasteiger partial charge in [0.25, 0.3) is 5.91 Å². The van der Waals surface area contributed by atoms with E-state index < -0.39 is 5.91 Å². The molecule has 0 radical (unpaired) electrons. The molecule has 1 saturated heterocycles. The summed E-state index contributed by atoms with van der Waals surface area (Å²) in [6.45, 7) is 1.60. The molecule has 7 heteroatoms. The number of carbonyl (C=O) groups is 1. The van der Waals surface area contributed by atoms with Crippen LogP contribution in [0, 0.1) is 0 Å². The molecular formula is C16H15N5O2. The number of phenols is 1. The number of amides is 1. The van der Waals surface area contributed by atoms with E-state index in [1.165, 1.54) is 0 Å². The molecule has 4 rings (SSSR count). The summed E-state index contributed by atoms with van der Waals surface area (Å²) in [4.78, 5) is 15.1. The largest absolute Gasteiger partial charge is 0.507 e. The van der Waals surface area contributed by atoms with Crippen molar-refractivity contribution in [2.75, 3.05) is 13.1 Å². The smallest absolute Gasteiger partial charge is 0.251 e. The first-order chi connectivity index (χ1) is 11.1. The second kappa shape index (κ2) is 5.06. The summed E-state index contributed by atoms with van der Waals surface area (Å²) in [5.41, 5.74) is 8.42. The predicted molar refractivity (Wildman–Crippen MR) is 85.1 cm³/mol. The third-order valence-electron chi connectivity index (χ3n) is 4.20. The number of nitrogens with one attached hydrogen (secondary N) is 2. The van der Waals surface area contributed by atoms with E-state index in [0.717, 1.165) is 18.8 Å². The first kappa shape index (κ1) is 13.7. The monoisotopic (exact) mass is 309 g/mol. The Morgan fingerprint density at radius 2 is 2.04 bits per heavy atom. The fourth-order valence-corrected chi connectivity index (χ4v) is 2.90. The number of para-hydroxylation sites is 1. The van der Waals surface area contributed by atoms with E-state index in [1.807, 2.05) is 0 Å². The van der Waals surface area contributed by atoms with Crippen molar-refractivity contribution in [3.63, 3.8) is 0 Å². The van der Waals surface area contributed by atoms with Gasteiger partial charge in [-0.3, -0.25) is 4.79 Å². The summed E-state index contributed by atoms with van der Waals surface area (Å²) in [6.07, 6.45) is 0. The van der Waals surface area contributed by atoms with Gasteiger partial charge in [-0.25, -0.2) is 0 Å². The highest BCUT2D eigenvalue weighted by Crippen LogP contribution is 2.32. The van der Waals surface area contributed by atoms with Crippen molar-refractivity contribution < 1.29 is 9.90 Å². The maximum absolute atomic E-state index is 11.9. The number of rotatable bonds is 3. The van der Waals surface area contributed by atoms with Gasteiger partial charge in [0.2, 0.25) is 0 Å². The predicted octanol–water partition coefficient (Wildman–Crippen LogP) is 1.12. The number of primary amides is 1. The molecule has 1 aromatic carbocycles. The topological polar surface area (TPSA) is 117 Å². The van der Waals surface area contributed by atoms with E-state index in [2.05, 4.69) is 20.5 Å². The number of hydrogen-bond donors (Lipinski definition) is 4. The molecule has 3 aromatic rings. The third-order valence-corrected chi connectivity index (χ3v) is 4.20. The second-order valence-corrected chi connectivity index (χ2v) is 5.64. The van der Waals surface area contributed by atoms with Crippen LogP contribution in [0.3, 0.4) is 0 Å². The summed E-state index contributed by atoms with van der Waals surface area (Å²) in [5, 5.41) is 22.1. The Balaban J connectivity index is 1.92. The van der Waals surface area contributed by atoms with E-state index >= 15 is 0 Å². The van der Waals surface area contributed by atoms with Crippen molar-refractivity contribution in [1.29, 1.82) is 0 Å². The van der Waals surface area contributed by atoms with Crippen LogP contribution >= 0.6 is 0 Å². The second-order valence-electron chi connectivity index (χ2n) is 5.64. The Labute approximate surface area is 131 Å². The maximum Gasteiger partial charge on any atom is 0.251 e. The summed E-state index contributed by atoms with van der Waals surface area (Å²) in [6, 6.07) is 8.61. The molecule has 23 heavy (non-hydrogen) atoms. The Kier molecular flexibility index (Phi) is 3.02. The zero-order valence-corrected chi connectivity index (χ0v) is 12.2. The molecule has 116 valence electrons. The number of nitrogens with two attached hydrogens (primary N) is 1. The summed E-state index contributed by atoms with van der Waals surface area (Å²) >= 11 is 0. The van der Waals surface area contributed by atoms with Gasteiger partial charge in [0.15, 0.2) is 5.65 Å². The lowest BCUT2D eigenvalue weighted by molar-refractivity contribution is 0.1000. The molecule has 2 aromatic heterocycles. The lowest BCUT2D eigenvalue weighted by atomic mass is 9.95. The lowest BCUT2D eigenvalue weighted by Gasteiger charge is -2.26. The SMILES string of the molecule is NC(=O)c1c(C2CNC2)[nH]c2nnc(-c3ccccc3O)cc12. The van der Waals surface area contributed by atoms with E-state index in [9.17, 15) is 9.90 Å². The average Bonchev–Trinajstić information content (AvgIpc) is 2.83. The summed E-state index contributed by atoms with van der Waals surface area (Å²) < 4.78 is 0. The number of aromatic hydroxyl groups is 1.